The van der Waals surface area contributed by atoms with Gasteiger partial charge in [-0.25, -0.2) is 13.1 Å². The van der Waals surface area contributed by atoms with Crippen LogP contribution in [0.5, 0.6) is 0 Å². The molecule has 1 aliphatic carbocycles. The molecule has 2 heterocycles. The van der Waals surface area contributed by atoms with Crippen molar-refractivity contribution in [3.8, 4) is 11.1 Å². The minimum atomic E-state index is -3.75. The van der Waals surface area contributed by atoms with Crippen LogP contribution in [0, 0.1) is 5.41 Å². The lowest BCUT2D eigenvalue weighted by Gasteiger charge is -2.20. The Morgan fingerprint density at radius 3 is 2.55 bits per heavy atom. The maximum Gasteiger partial charge on any atom is 0.282 e. The van der Waals surface area contributed by atoms with Crippen LogP contribution in [-0.2, 0) is 23.0 Å². The van der Waals surface area contributed by atoms with E-state index in [4.69, 9.17) is 0 Å². The molecule has 0 aliphatic heterocycles. The number of fused-ring (bicyclic) bond motifs is 1. The molecule has 1 saturated carbocycles. The highest BCUT2D eigenvalue weighted by Gasteiger charge is 2.38. The third-order valence-electron chi connectivity index (χ3n) is 6.12. The largest absolute Gasteiger partial charge is 0.336 e. The highest BCUT2D eigenvalue weighted by molar-refractivity contribution is 7.91. The fraction of sp³-hybridized carbons (Fsp3) is 0.440. The Balaban J connectivity index is 2.00. The van der Waals surface area contributed by atoms with Crippen molar-refractivity contribution >= 4 is 26.8 Å². The van der Waals surface area contributed by atoms with Gasteiger partial charge in [0.15, 0.2) is 0 Å². The molecular weight excluding hydrogens is 438 g/mol. The second-order valence-corrected chi connectivity index (χ2v) is 11.9. The number of sulfonamides is 1. The van der Waals surface area contributed by atoms with Crippen LogP contribution >= 0.6 is 0 Å². The molecule has 1 fully saturated rings. The van der Waals surface area contributed by atoms with Gasteiger partial charge in [-0.3, -0.25) is 9.59 Å². The average Bonchev–Trinajstić information content (AvgIpc) is 3.55. The van der Waals surface area contributed by atoms with E-state index in [0.29, 0.717) is 30.5 Å². The summed E-state index contributed by atoms with van der Waals surface area (Å²) in [6.45, 7) is 8.92. The number of hydrogen-bond donors (Lipinski definition) is 2. The molecule has 1 aromatic carbocycles. The summed E-state index contributed by atoms with van der Waals surface area (Å²) in [5.74, 6) is -0.691. The Labute approximate surface area is 194 Å². The zero-order valence-electron chi connectivity index (χ0n) is 19.6. The van der Waals surface area contributed by atoms with Crippen LogP contribution in [0.3, 0.4) is 0 Å². The van der Waals surface area contributed by atoms with Crippen molar-refractivity contribution < 1.29 is 13.2 Å². The summed E-state index contributed by atoms with van der Waals surface area (Å²) in [5, 5.41) is 0.248. The molecule has 1 aliphatic rings. The minimum Gasteiger partial charge on any atom is -0.336 e. The zero-order chi connectivity index (χ0) is 24.0. The molecule has 0 radical (unpaired) electrons. The van der Waals surface area contributed by atoms with E-state index in [1.54, 1.807) is 18.3 Å². The van der Waals surface area contributed by atoms with Crippen LogP contribution in [0.4, 0.5) is 0 Å². The molecule has 176 valence electrons. The lowest BCUT2D eigenvalue weighted by atomic mass is 9.92. The van der Waals surface area contributed by atoms with Crippen molar-refractivity contribution in [3.63, 3.8) is 0 Å². The maximum atomic E-state index is 13.5. The smallest absolute Gasteiger partial charge is 0.282 e. The van der Waals surface area contributed by atoms with Crippen molar-refractivity contribution in [2.24, 2.45) is 5.41 Å². The first-order chi connectivity index (χ1) is 15.5. The minimum absolute atomic E-state index is 0.00182. The summed E-state index contributed by atoms with van der Waals surface area (Å²) in [6, 6.07) is 9.35. The van der Waals surface area contributed by atoms with Gasteiger partial charge >= 0.3 is 0 Å². The fourth-order valence-electron chi connectivity index (χ4n) is 4.07. The van der Waals surface area contributed by atoms with Gasteiger partial charge in [-0.15, -0.1) is 0 Å². The Kier molecular flexibility index (Phi) is 5.99. The lowest BCUT2D eigenvalue weighted by Crippen LogP contribution is -2.35. The molecule has 8 heteroatoms. The van der Waals surface area contributed by atoms with E-state index in [-0.39, 0.29) is 16.7 Å². The molecule has 4 rings (SSSR count). The van der Waals surface area contributed by atoms with Crippen LogP contribution in [-0.4, -0.2) is 29.1 Å². The highest BCUT2D eigenvalue weighted by atomic mass is 32.2. The topological polar surface area (TPSA) is 101 Å². The average molecular weight is 470 g/mol. The van der Waals surface area contributed by atoms with Gasteiger partial charge in [0.05, 0.1) is 5.25 Å². The lowest BCUT2D eigenvalue weighted by molar-refractivity contribution is 0.0972. The Hall–Kier alpha value is -2.87. The van der Waals surface area contributed by atoms with Gasteiger partial charge in [-0.2, -0.15) is 0 Å². The van der Waals surface area contributed by atoms with Crippen molar-refractivity contribution in [3.05, 3.63) is 58.1 Å². The van der Waals surface area contributed by atoms with Crippen molar-refractivity contribution in [1.82, 2.24) is 14.3 Å². The summed E-state index contributed by atoms with van der Waals surface area (Å²) >= 11 is 0. The SMILES string of the molecule is CCc1ccc2c(c1)c(-c1ccc[nH]c1=O)c(C(=O)NS(=O)(=O)C1CC1)n2CCC(C)(C)C. The molecule has 0 saturated heterocycles. The molecule has 0 atom stereocenters. The third kappa shape index (κ3) is 4.76. The Bertz CT molecular complexity index is 1370. The quantitative estimate of drug-likeness (QED) is 0.541. The second-order valence-electron chi connectivity index (χ2n) is 9.98. The standard InChI is InChI=1S/C25H31N3O4S/c1-5-16-8-11-20-19(15-16)21(18-7-6-13-26-23(18)29)22(28(20)14-12-25(2,3)4)24(30)27-33(31,32)17-9-10-17/h6-8,11,13,15,17H,5,9-10,12,14H2,1-4H3,(H,26,29)(H,27,30). The first-order valence-electron chi connectivity index (χ1n) is 11.4. The van der Waals surface area contributed by atoms with E-state index in [2.05, 4.69) is 30.5 Å². The number of amides is 1. The zero-order valence-corrected chi connectivity index (χ0v) is 20.4. The highest BCUT2D eigenvalue weighted by Crippen LogP contribution is 2.36. The first kappa shape index (κ1) is 23.3. The predicted octanol–water partition coefficient (Wildman–Crippen LogP) is 4.22. The van der Waals surface area contributed by atoms with E-state index >= 15 is 0 Å². The molecule has 0 unspecified atom stereocenters. The molecule has 1 amide bonds. The van der Waals surface area contributed by atoms with Gasteiger partial charge < -0.3 is 9.55 Å². The summed E-state index contributed by atoms with van der Waals surface area (Å²) in [6.07, 6.45) is 4.22. The number of pyridine rings is 1. The van der Waals surface area contributed by atoms with Gasteiger partial charge in [0.25, 0.3) is 11.5 Å². The summed E-state index contributed by atoms with van der Waals surface area (Å²) in [5.41, 5.74) is 2.58. The van der Waals surface area contributed by atoms with E-state index in [0.717, 1.165) is 29.3 Å². The van der Waals surface area contributed by atoms with Gasteiger partial charge in [0.1, 0.15) is 5.69 Å². The molecular formula is C25H31N3O4S. The summed E-state index contributed by atoms with van der Waals surface area (Å²) in [4.78, 5) is 29.0. The summed E-state index contributed by atoms with van der Waals surface area (Å²) < 4.78 is 29.4. The number of benzene rings is 1. The number of nitrogens with one attached hydrogen (secondary N) is 2. The van der Waals surface area contributed by atoms with Crippen LogP contribution in [0.2, 0.25) is 0 Å². The number of aromatic nitrogens is 2. The van der Waals surface area contributed by atoms with E-state index in [1.807, 2.05) is 29.7 Å². The molecule has 0 spiro atoms. The Morgan fingerprint density at radius 1 is 1.21 bits per heavy atom. The number of aromatic amines is 1. The molecule has 2 aromatic heterocycles. The van der Waals surface area contributed by atoms with Crippen molar-refractivity contribution in [2.75, 3.05) is 0 Å². The van der Waals surface area contributed by atoms with Crippen LogP contribution in [0.15, 0.2) is 41.3 Å². The first-order valence-corrected chi connectivity index (χ1v) is 13.0. The van der Waals surface area contributed by atoms with Gasteiger partial charge in [-0.1, -0.05) is 33.8 Å². The van der Waals surface area contributed by atoms with Crippen LogP contribution in [0.1, 0.15) is 63.0 Å². The molecule has 3 aromatic rings. The van der Waals surface area contributed by atoms with E-state index in [1.165, 1.54) is 0 Å². The normalized spacial score (nSPS) is 14.5. The Morgan fingerprint density at radius 2 is 1.94 bits per heavy atom. The number of hydrogen-bond acceptors (Lipinski definition) is 4. The van der Waals surface area contributed by atoms with Gasteiger partial charge in [0, 0.05) is 34.8 Å². The number of aryl methyl sites for hydroxylation is 2. The number of H-pyrrole nitrogens is 1. The van der Waals surface area contributed by atoms with Gasteiger partial charge in [0.2, 0.25) is 10.0 Å². The van der Waals surface area contributed by atoms with E-state index < -0.39 is 21.2 Å². The fourth-order valence-corrected chi connectivity index (χ4v) is 5.35. The number of carbonyl (C=O) groups excluding carboxylic acids is 1. The monoisotopic (exact) mass is 469 g/mol. The maximum absolute atomic E-state index is 13.5. The van der Waals surface area contributed by atoms with E-state index in [9.17, 15) is 18.0 Å². The van der Waals surface area contributed by atoms with Crippen LogP contribution in [0.25, 0.3) is 22.0 Å². The summed E-state index contributed by atoms with van der Waals surface area (Å²) in [7, 11) is -3.75. The molecule has 2 N–H and O–H groups in total. The van der Waals surface area contributed by atoms with Crippen molar-refractivity contribution in [1.29, 1.82) is 0 Å². The van der Waals surface area contributed by atoms with Crippen molar-refractivity contribution in [2.45, 2.75) is 65.2 Å². The van der Waals surface area contributed by atoms with Crippen LogP contribution < -0.4 is 10.3 Å². The molecule has 33 heavy (non-hydrogen) atoms. The molecule has 7 nitrogen and oxygen atoms in total. The molecule has 0 bridgehead atoms. The second kappa shape index (κ2) is 8.48. The third-order valence-corrected chi connectivity index (χ3v) is 7.94. The number of rotatable bonds is 7. The van der Waals surface area contributed by atoms with Gasteiger partial charge in [-0.05, 0) is 60.9 Å². The number of carbonyl (C=O) groups is 1. The number of nitrogens with zero attached hydrogens (tertiary/aromatic N) is 1. The predicted molar refractivity (Wildman–Crippen MR) is 131 cm³/mol.